The lowest BCUT2D eigenvalue weighted by Gasteiger charge is -1.96. The second-order valence-corrected chi connectivity index (χ2v) is 3.68. The Morgan fingerprint density at radius 2 is 2.23 bits per heavy atom. The fourth-order valence-corrected chi connectivity index (χ4v) is 1.54. The zero-order chi connectivity index (χ0) is 9.68. The number of benzene rings is 1. The predicted molar refractivity (Wildman–Crippen MR) is 59.4 cm³/mol. The van der Waals surface area contributed by atoms with Crippen LogP contribution in [0, 0.1) is 18.8 Å². The van der Waals surface area contributed by atoms with Crippen LogP contribution >= 0.6 is 15.9 Å². The molecule has 0 bridgehead atoms. The van der Waals surface area contributed by atoms with Gasteiger partial charge in [-0.05, 0) is 40.5 Å². The molecule has 0 aliphatic heterocycles. The summed E-state index contributed by atoms with van der Waals surface area (Å²) in [5.74, 6) is 6.07. The lowest BCUT2D eigenvalue weighted by Crippen LogP contribution is -1.95. The SMILES string of the molecule is Cc1ccc(C#CCCN)c(Br)c1. The molecule has 0 saturated carbocycles. The van der Waals surface area contributed by atoms with Crippen LogP contribution in [0.5, 0.6) is 0 Å². The number of rotatable bonds is 1. The van der Waals surface area contributed by atoms with Gasteiger partial charge in [0.15, 0.2) is 0 Å². The summed E-state index contributed by atoms with van der Waals surface area (Å²) in [7, 11) is 0. The molecule has 0 aliphatic carbocycles. The van der Waals surface area contributed by atoms with Gasteiger partial charge < -0.3 is 5.73 Å². The van der Waals surface area contributed by atoms with Crippen LogP contribution in [0.1, 0.15) is 17.5 Å². The molecule has 0 fully saturated rings. The van der Waals surface area contributed by atoms with E-state index in [-0.39, 0.29) is 0 Å². The topological polar surface area (TPSA) is 26.0 Å². The molecule has 1 rings (SSSR count). The van der Waals surface area contributed by atoms with E-state index >= 15 is 0 Å². The highest BCUT2D eigenvalue weighted by Gasteiger charge is 1.94. The highest BCUT2D eigenvalue weighted by molar-refractivity contribution is 9.10. The second-order valence-electron chi connectivity index (χ2n) is 2.82. The van der Waals surface area contributed by atoms with E-state index in [4.69, 9.17) is 5.73 Å². The molecule has 2 N–H and O–H groups in total. The molecule has 0 unspecified atom stereocenters. The Labute approximate surface area is 87.5 Å². The largest absolute Gasteiger partial charge is 0.330 e. The Bertz CT molecular complexity index is 347. The normalized spacial score (nSPS) is 9.15. The molecule has 68 valence electrons. The maximum absolute atomic E-state index is 5.34. The van der Waals surface area contributed by atoms with Gasteiger partial charge in [0, 0.05) is 23.0 Å². The highest BCUT2D eigenvalue weighted by atomic mass is 79.9. The van der Waals surface area contributed by atoms with Crippen LogP contribution in [0.15, 0.2) is 22.7 Å². The maximum Gasteiger partial charge on any atom is 0.0387 e. The first-order valence-corrected chi connectivity index (χ1v) is 4.98. The summed E-state index contributed by atoms with van der Waals surface area (Å²) in [6.45, 7) is 2.68. The Kier molecular flexibility index (Phi) is 4.01. The number of halogens is 1. The summed E-state index contributed by atoms with van der Waals surface area (Å²) >= 11 is 3.47. The van der Waals surface area contributed by atoms with Gasteiger partial charge >= 0.3 is 0 Å². The van der Waals surface area contributed by atoms with Crippen molar-refractivity contribution >= 4 is 15.9 Å². The third kappa shape index (κ3) is 3.22. The van der Waals surface area contributed by atoms with Crippen LogP contribution in [0.25, 0.3) is 0 Å². The van der Waals surface area contributed by atoms with E-state index in [1.54, 1.807) is 0 Å². The van der Waals surface area contributed by atoms with Crippen molar-refractivity contribution in [1.29, 1.82) is 0 Å². The lowest BCUT2D eigenvalue weighted by molar-refractivity contribution is 1.03. The van der Waals surface area contributed by atoms with Gasteiger partial charge in [0.25, 0.3) is 0 Å². The average Bonchev–Trinajstić information content (AvgIpc) is 2.09. The third-order valence-corrected chi connectivity index (χ3v) is 2.27. The van der Waals surface area contributed by atoms with Crippen molar-refractivity contribution in [2.75, 3.05) is 6.54 Å². The fourth-order valence-electron chi connectivity index (χ4n) is 0.951. The molecule has 0 spiro atoms. The van der Waals surface area contributed by atoms with Crippen molar-refractivity contribution < 1.29 is 0 Å². The van der Waals surface area contributed by atoms with E-state index in [0.717, 1.165) is 16.5 Å². The summed E-state index contributed by atoms with van der Waals surface area (Å²) in [6, 6.07) is 6.13. The third-order valence-electron chi connectivity index (χ3n) is 1.62. The molecule has 1 aromatic rings. The highest BCUT2D eigenvalue weighted by Crippen LogP contribution is 2.16. The second kappa shape index (κ2) is 5.06. The standard InChI is InChI=1S/C11H12BrN/c1-9-5-6-10(11(12)8-9)4-2-3-7-13/h5-6,8H,3,7,13H2,1H3. The quantitative estimate of drug-likeness (QED) is 0.747. The monoisotopic (exact) mass is 237 g/mol. The molecule has 0 heterocycles. The van der Waals surface area contributed by atoms with Crippen LogP contribution in [0.3, 0.4) is 0 Å². The van der Waals surface area contributed by atoms with Crippen molar-refractivity contribution in [2.24, 2.45) is 5.73 Å². The minimum absolute atomic E-state index is 0.622. The van der Waals surface area contributed by atoms with Crippen LogP contribution < -0.4 is 5.73 Å². The molecule has 0 amide bonds. The van der Waals surface area contributed by atoms with Crippen LogP contribution in [-0.4, -0.2) is 6.54 Å². The zero-order valence-electron chi connectivity index (χ0n) is 7.60. The lowest BCUT2D eigenvalue weighted by atomic mass is 10.1. The van der Waals surface area contributed by atoms with E-state index in [1.165, 1.54) is 5.56 Å². The van der Waals surface area contributed by atoms with Crippen molar-refractivity contribution in [3.63, 3.8) is 0 Å². The predicted octanol–water partition coefficient (Wildman–Crippen LogP) is 2.46. The smallest absolute Gasteiger partial charge is 0.0387 e. The van der Waals surface area contributed by atoms with Crippen molar-refractivity contribution in [1.82, 2.24) is 0 Å². The van der Waals surface area contributed by atoms with Gasteiger partial charge in [-0.3, -0.25) is 0 Å². The summed E-state index contributed by atoms with van der Waals surface area (Å²) < 4.78 is 1.05. The van der Waals surface area contributed by atoms with E-state index in [1.807, 2.05) is 6.07 Å². The average molecular weight is 238 g/mol. The number of hydrogen-bond acceptors (Lipinski definition) is 1. The zero-order valence-corrected chi connectivity index (χ0v) is 9.19. The summed E-state index contributed by atoms with van der Waals surface area (Å²) in [6.07, 6.45) is 0.750. The van der Waals surface area contributed by atoms with E-state index in [0.29, 0.717) is 6.54 Å². The van der Waals surface area contributed by atoms with Crippen molar-refractivity contribution in [3.8, 4) is 11.8 Å². The van der Waals surface area contributed by atoms with Crippen LogP contribution in [0.4, 0.5) is 0 Å². The molecular formula is C11H12BrN. The Morgan fingerprint density at radius 3 is 2.85 bits per heavy atom. The molecular weight excluding hydrogens is 226 g/mol. The van der Waals surface area contributed by atoms with Gasteiger partial charge in [-0.2, -0.15) is 0 Å². The molecule has 1 nitrogen and oxygen atoms in total. The maximum atomic E-state index is 5.34. The van der Waals surface area contributed by atoms with Gasteiger partial charge in [0.05, 0.1) is 0 Å². The van der Waals surface area contributed by atoms with Gasteiger partial charge in [-0.25, -0.2) is 0 Å². The minimum Gasteiger partial charge on any atom is -0.330 e. The Balaban J connectivity index is 2.85. The van der Waals surface area contributed by atoms with E-state index in [2.05, 4.69) is 46.8 Å². The fraction of sp³-hybridized carbons (Fsp3) is 0.273. The van der Waals surface area contributed by atoms with Gasteiger partial charge in [-0.1, -0.05) is 17.9 Å². The van der Waals surface area contributed by atoms with Gasteiger partial charge in [-0.15, -0.1) is 0 Å². The first-order valence-electron chi connectivity index (χ1n) is 4.19. The molecule has 13 heavy (non-hydrogen) atoms. The molecule has 1 aromatic carbocycles. The molecule has 0 saturated heterocycles. The summed E-state index contributed by atoms with van der Waals surface area (Å²) in [5.41, 5.74) is 7.60. The van der Waals surface area contributed by atoms with Crippen molar-refractivity contribution in [2.45, 2.75) is 13.3 Å². The number of nitrogens with two attached hydrogens (primary N) is 1. The Hall–Kier alpha value is -0.780. The van der Waals surface area contributed by atoms with Gasteiger partial charge in [0.1, 0.15) is 0 Å². The van der Waals surface area contributed by atoms with Crippen molar-refractivity contribution in [3.05, 3.63) is 33.8 Å². The first-order chi connectivity index (χ1) is 6.24. The minimum atomic E-state index is 0.622. The van der Waals surface area contributed by atoms with Crippen LogP contribution in [-0.2, 0) is 0 Å². The van der Waals surface area contributed by atoms with E-state index < -0.39 is 0 Å². The Morgan fingerprint density at radius 1 is 1.46 bits per heavy atom. The van der Waals surface area contributed by atoms with E-state index in [9.17, 15) is 0 Å². The summed E-state index contributed by atoms with van der Waals surface area (Å²) in [4.78, 5) is 0. The number of hydrogen-bond donors (Lipinski definition) is 1. The molecule has 0 radical (unpaired) electrons. The molecule has 0 atom stereocenters. The molecule has 2 heteroatoms. The molecule has 0 aromatic heterocycles. The van der Waals surface area contributed by atoms with Crippen LogP contribution in [0.2, 0.25) is 0 Å². The summed E-state index contributed by atoms with van der Waals surface area (Å²) in [5, 5.41) is 0. The molecule has 0 aliphatic rings. The first kappa shape index (κ1) is 10.3. The number of aryl methyl sites for hydroxylation is 1. The van der Waals surface area contributed by atoms with Gasteiger partial charge in [0.2, 0.25) is 0 Å².